The number of fused-ring (bicyclic) bond motifs is 1. The fourth-order valence-corrected chi connectivity index (χ4v) is 4.87. The molecule has 2 heterocycles. The Morgan fingerprint density at radius 2 is 1.55 bits per heavy atom. The Morgan fingerprint density at radius 3 is 2.23 bits per heavy atom. The van der Waals surface area contributed by atoms with Gasteiger partial charge in [-0.3, -0.25) is 4.79 Å². The first-order valence-corrected chi connectivity index (χ1v) is 12.9. The lowest BCUT2D eigenvalue weighted by molar-refractivity contribution is -0.137. The predicted octanol–water partition coefficient (Wildman–Crippen LogP) is 5.41. The molecule has 208 valence electrons. The Labute approximate surface area is 230 Å². The van der Waals surface area contributed by atoms with Gasteiger partial charge in [-0.15, -0.1) is 0 Å². The molecule has 0 bridgehead atoms. The van der Waals surface area contributed by atoms with Crippen LogP contribution in [0.1, 0.15) is 27.3 Å². The van der Waals surface area contributed by atoms with Crippen molar-refractivity contribution in [2.24, 2.45) is 0 Å². The van der Waals surface area contributed by atoms with E-state index in [1.165, 1.54) is 17.7 Å². The number of hydrogen-bond donors (Lipinski definition) is 0. The topological polar surface area (TPSA) is 67.8 Å². The number of hydrogen-bond acceptors (Lipinski definition) is 6. The quantitative estimate of drug-likeness (QED) is 0.307. The van der Waals surface area contributed by atoms with E-state index >= 15 is 0 Å². The van der Waals surface area contributed by atoms with Crippen LogP contribution in [0.4, 0.5) is 19.0 Å². The van der Waals surface area contributed by atoms with Crippen molar-refractivity contribution in [3.05, 3.63) is 89.2 Å². The van der Waals surface area contributed by atoms with Crippen LogP contribution >= 0.6 is 0 Å². The largest absolute Gasteiger partial charge is 0.493 e. The maximum absolute atomic E-state index is 13.2. The minimum Gasteiger partial charge on any atom is -0.493 e. The maximum atomic E-state index is 13.2. The number of halogens is 3. The van der Waals surface area contributed by atoms with Crippen LogP contribution in [0.25, 0.3) is 10.9 Å². The number of carbonyl (C=O) groups excluding carboxylic acids is 1. The molecule has 5 rings (SSSR count). The molecule has 1 fully saturated rings. The first-order valence-electron chi connectivity index (χ1n) is 12.9. The number of amides is 1. The zero-order chi connectivity index (χ0) is 28.3. The number of piperazine rings is 1. The number of aryl methyl sites for hydroxylation is 2. The summed E-state index contributed by atoms with van der Waals surface area (Å²) < 4.78 is 50.5. The number of anilines is 1. The highest BCUT2D eigenvalue weighted by Crippen LogP contribution is 2.36. The molecular formula is C30H29F3N4O3. The zero-order valence-corrected chi connectivity index (χ0v) is 22.2. The molecule has 0 spiro atoms. The second-order valence-corrected chi connectivity index (χ2v) is 9.53. The molecule has 1 aromatic heterocycles. The Balaban J connectivity index is 1.40. The minimum atomic E-state index is -4.51. The summed E-state index contributed by atoms with van der Waals surface area (Å²) in [6.45, 7) is 1.60. The van der Waals surface area contributed by atoms with Crippen LogP contribution in [0.3, 0.4) is 0 Å². The molecule has 0 N–H and O–H groups in total. The average molecular weight is 551 g/mol. The van der Waals surface area contributed by atoms with Crippen LogP contribution in [0, 0.1) is 0 Å². The van der Waals surface area contributed by atoms with Gasteiger partial charge < -0.3 is 19.3 Å². The van der Waals surface area contributed by atoms with Gasteiger partial charge in [0.1, 0.15) is 11.6 Å². The highest BCUT2D eigenvalue weighted by molar-refractivity contribution is 5.95. The molecule has 0 atom stereocenters. The highest BCUT2D eigenvalue weighted by atomic mass is 19.4. The van der Waals surface area contributed by atoms with Gasteiger partial charge in [-0.05, 0) is 36.2 Å². The third kappa shape index (κ3) is 5.80. The van der Waals surface area contributed by atoms with Crippen LogP contribution in [0.5, 0.6) is 11.5 Å². The fraction of sp³-hybridized carbons (Fsp3) is 0.300. The van der Waals surface area contributed by atoms with Gasteiger partial charge in [0.05, 0.1) is 25.3 Å². The molecule has 0 aliphatic carbocycles. The van der Waals surface area contributed by atoms with Crippen molar-refractivity contribution in [1.29, 1.82) is 0 Å². The lowest BCUT2D eigenvalue weighted by Gasteiger charge is -2.36. The Hall–Kier alpha value is -4.34. The van der Waals surface area contributed by atoms with Gasteiger partial charge in [-0.1, -0.05) is 36.4 Å². The van der Waals surface area contributed by atoms with Crippen molar-refractivity contribution in [3.8, 4) is 11.5 Å². The van der Waals surface area contributed by atoms with Crippen molar-refractivity contribution < 1.29 is 27.4 Å². The van der Waals surface area contributed by atoms with Crippen LogP contribution in [-0.2, 0) is 19.0 Å². The Kier molecular flexibility index (Phi) is 7.77. The molecule has 10 heteroatoms. The molecule has 0 unspecified atom stereocenters. The lowest BCUT2D eigenvalue weighted by atomic mass is 10.1. The summed E-state index contributed by atoms with van der Waals surface area (Å²) in [6.07, 6.45) is -3.10. The number of ether oxygens (including phenoxy) is 2. The molecule has 1 amide bonds. The summed E-state index contributed by atoms with van der Waals surface area (Å²) in [5.41, 5.74) is 1.09. The van der Waals surface area contributed by atoms with E-state index in [0.29, 0.717) is 55.4 Å². The predicted molar refractivity (Wildman–Crippen MR) is 146 cm³/mol. The third-order valence-electron chi connectivity index (χ3n) is 7.01. The van der Waals surface area contributed by atoms with Gasteiger partial charge in [0.15, 0.2) is 11.5 Å². The standard InChI is InChI=1S/C30H29F3N4O3/c1-39-25-18-23-24(19-26(25)40-2)34-27(12-11-20-7-4-3-5-8-20)35-28(23)36-13-15-37(16-14-36)29(38)21-9-6-10-22(17-21)30(31,32)33/h3-10,17-19H,11-16H2,1-2H3. The van der Waals surface area contributed by atoms with Gasteiger partial charge in [0.25, 0.3) is 5.91 Å². The fourth-order valence-electron chi connectivity index (χ4n) is 4.87. The van der Waals surface area contributed by atoms with Crippen molar-refractivity contribution in [2.75, 3.05) is 45.3 Å². The number of rotatable bonds is 7. The third-order valence-corrected chi connectivity index (χ3v) is 7.01. The van der Waals surface area contributed by atoms with Crippen LogP contribution in [-0.4, -0.2) is 61.2 Å². The summed E-state index contributed by atoms with van der Waals surface area (Å²) in [7, 11) is 3.14. The molecule has 0 saturated carbocycles. The second-order valence-electron chi connectivity index (χ2n) is 9.53. The number of aromatic nitrogens is 2. The van der Waals surface area contributed by atoms with Gasteiger partial charge in [-0.25, -0.2) is 9.97 Å². The SMILES string of the molecule is COc1cc2nc(CCc3ccccc3)nc(N3CCN(C(=O)c4cccc(C(F)(F)F)c4)CC3)c2cc1OC. The van der Waals surface area contributed by atoms with Crippen molar-refractivity contribution in [3.63, 3.8) is 0 Å². The van der Waals surface area contributed by atoms with E-state index in [-0.39, 0.29) is 5.56 Å². The van der Waals surface area contributed by atoms with E-state index in [1.54, 1.807) is 19.1 Å². The summed E-state index contributed by atoms with van der Waals surface area (Å²) in [4.78, 5) is 26.4. The first-order chi connectivity index (χ1) is 19.3. The molecule has 1 saturated heterocycles. The van der Waals surface area contributed by atoms with Crippen molar-refractivity contribution >= 4 is 22.6 Å². The first kappa shape index (κ1) is 27.2. The normalized spacial score (nSPS) is 13.9. The molecule has 4 aromatic rings. The van der Waals surface area contributed by atoms with E-state index < -0.39 is 17.6 Å². The molecular weight excluding hydrogens is 521 g/mol. The number of nitrogens with zero attached hydrogens (tertiary/aromatic N) is 4. The molecule has 1 aliphatic heterocycles. The number of methoxy groups -OCH3 is 2. The molecule has 3 aromatic carbocycles. The van der Waals surface area contributed by atoms with E-state index in [4.69, 9.17) is 19.4 Å². The zero-order valence-electron chi connectivity index (χ0n) is 22.2. The van der Waals surface area contributed by atoms with Gasteiger partial charge in [0, 0.05) is 49.6 Å². The number of alkyl halides is 3. The molecule has 40 heavy (non-hydrogen) atoms. The van der Waals surface area contributed by atoms with Gasteiger partial charge in [-0.2, -0.15) is 13.2 Å². The number of carbonyl (C=O) groups is 1. The van der Waals surface area contributed by atoms with Crippen molar-refractivity contribution in [1.82, 2.24) is 14.9 Å². The average Bonchev–Trinajstić information content (AvgIpc) is 2.98. The van der Waals surface area contributed by atoms with E-state index in [9.17, 15) is 18.0 Å². The smallest absolute Gasteiger partial charge is 0.416 e. The Morgan fingerprint density at radius 1 is 0.850 bits per heavy atom. The van der Waals surface area contributed by atoms with Crippen LogP contribution < -0.4 is 14.4 Å². The van der Waals surface area contributed by atoms with E-state index in [0.717, 1.165) is 29.8 Å². The van der Waals surface area contributed by atoms with Gasteiger partial charge >= 0.3 is 6.18 Å². The van der Waals surface area contributed by atoms with Gasteiger partial charge in [0.2, 0.25) is 0 Å². The van der Waals surface area contributed by atoms with E-state index in [2.05, 4.69) is 17.0 Å². The molecule has 1 aliphatic rings. The van der Waals surface area contributed by atoms with E-state index in [1.807, 2.05) is 30.3 Å². The van der Waals surface area contributed by atoms with Crippen LogP contribution in [0.15, 0.2) is 66.7 Å². The number of benzene rings is 3. The van der Waals surface area contributed by atoms with Crippen LogP contribution in [0.2, 0.25) is 0 Å². The summed E-state index contributed by atoms with van der Waals surface area (Å²) in [5, 5.41) is 0.791. The summed E-state index contributed by atoms with van der Waals surface area (Å²) in [6, 6.07) is 18.3. The highest BCUT2D eigenvalue weighted by Gasteiger charge is 2.32. The minimum absolute atomic E-state index is 0.0239. The Bertz CT molecular complexity index is 1500. The second kappa shape index (κ2) is 11.4. The monoisotopic (exact) mass is 550 g/mol. The maximum Gasteiger partial charge on any atom is 0.416 e. The molecule has 7 nitrogen and oxygen atoms in total. The van der Waals surface area contributed by atoms with Crippen molar-refractivity contribution in [2.45, 2.75) is 19.0 Å². The summed E-state index contributed by atoms with van der Waals surface area (Å²) in [5.74, 6) is 2.09. The lowest BCUT2D eigenvalue weighted by Crippen LogP contribution is -2.49. The summed E-state index contributed by atoms with van der Waals surface area (Å²) >= 11 is 0. The molecule has 0 radical (unpaired) electrons.